The minimum atomic E-state index is -0.135. The molecular weight excluding hydrogens is 288 g/mol. The minimum Gasteiger partial charge on any atom is -0.365 e. The van der Waals surface area contributed by atoms with Gasteiger partial charge in [0.15, 0.2) is 0 Å². The molecule has 0 aliphatic heterocycles. The van der Waals surface area contributed by atoms with Crippen molar-refractivity contribution in [2.24, 2.45) is 0 Å². The average molecular weight is 316 g/mol. The Kier molecular flexibility index (Phi) is 5.74. The lowest BCUT2D eigenvalue weighted by Gasteiger charge is -2.21. The zero-order valence-electron chi connectivity index (χ0n) is 14.7. The normalized spacial score (nSPS) is 15.0. The van der Waals surface area contributed by atoms with Crippen LogP contribution >= 0.6 is 0 Å². The van der Waals surface area contributed by atoms with Crippen molar-refractivity contribution in [3.63, 3.8) is 0 Å². The Hall–Kier alpha value is -1.91. The highest BCUT2D eigenvalue weighted by Crippen LogP contribution is 2.19. The van der Waals surface area contributed by atoms with E-state index >= 15 is 0 Å². The van der Waals surface area contributed by atoms with Crippen molar-refractivity contribution in [3.8, 4) is 0 Å². The number of aryl methyl sites for hydroxylation is 1. The van der Waals surface area contributed by atoms with Crippen LogP contribution in [-0.2, 0) is 0 Å². The summed E-state index contributed by atoms with van der Waals surface area (Å²) in [7, 11) is 0. The first-order valence-corrected chi connectivity index (χ1v) is 8.43. The molecule has 0 spiro atoms. The van der Waals surface area contributed by atoms with Crippen LogP contribution in [0.1, 0.15) is 69.2 Å². The summed E-state index contributed by atoms with van der Waals surface area (Å²) >= 11 is 0. The van der Waals surface area contributed by atoms with Crippen LogP contribution < -0.4 is 10.6 Å². The van der Waals surface area contributed by atoms with Crippen molar-refractivity contribution >= 4 is 11.7 Å². The van der Waals surface area contributed by atoms with E-state index < -0.39 is 0 Å². The minimum absolute atomic E-state index is 0.109. The predicted octanol–water partition coefficient (Wildman–Crippen LogP) is 3.62. The molecule has 0 saturated heterocycles. The number of carbonyl (C=O) groups is 1. The molecule has 126 valence electrons. The van der Waals surface area contributed by atoms with Gasteiger partial charge in [0.1, 0.15) is 17.3 Å². The highest BCUT2D eigenvalue weighted by molar-refractivity contribution is 5.92. The van der Waals surface area contributed by atoms with Gasteiger partial charge in [-0.15, -0.1) is 0 Å². The number of nitrogens with zero attached hydrogens (tertiary/aromatic N) is 2. The molecule has 5 heteroatoms. The number of hydrogen-bond donors (Lipinski definition) is 2. The molecule has 1 amide bonds. The monoisotopic (exact) mass is 316 g/mol. The van der Waals surface area contributed by atoms with E-state index in [4.69, 9.17) is 0 Å². The van der Waals surface area contributed by atoms with Crippen LogP contribution in [0.4, 0.5) is 5.82 Å². The molecule has 1 aliphatic carbocycles. The molecule has 5 nitrogen and oxygen atoms in total. The fourth-order valence-corrected chi connectivity index (χ4v) is 2.69. The van der Waals surface area contributed by atoms with Gasteiger partial charge in [-0.1, -0.05) is 11.6 Å². The topological polar surface area (TPSA) is 66.9 Å². The summed E-state index contributed by atoms with van der Waals surface area (Å²) in [6.45, 7) is 8.64. The Morgan fingerprint density at radius 2 is 2.04 bits per heavy atom. The quantitative estimate of drug-likeness (QED) is 0.814. The summed E-state index contributed by atoms with van der Waals surface area (Å²) in [6.07, 6.45) is 8.16. The maximum atomic E-state index is 12.3. The number of amides is 1. The van der Waals surface area contributed by atoms with E-state index in [1.165, 1.54) is 31.3 Å². The van der Waals surface area contributed by atoms with E-state index in [1.807, 2.05) is 0 Å². The molecule has 2 rings (SSSR count). The lowest BCUT2D eigenvalue weighted by Crippen LogP contribution is -2.29. The zero-order chi connectivity index (χ0) is 16.9. The summed E-state index contributed by atoms with van der Waals surface area (Å²) in [4.78, 5) is 20.9. The van der Waals surface area contributed by atoms with Gasteiger partial charge in [-0.3, -0.25) is 4.79 Å². The van der Waals surface area contributed by atoms with Gasteiger partial charge in [0, 0.05) is 18.2 Å². The molecule has 1 aromatic heterocycles. The summed E-state index contributed by atoms with van der Waals surface area (Å²) in [5.74, 6) is 1.15. The molecule has 0 atom stereocenters. The van der Waals surface area contributed by atoms with E-state index in [1.54, 1.807) is 13.0 Å². The Morgan fingerprint density at radius 1 is 1.26 bits per heavy atom. The van der Waals surface area contributed by atoms with E-state index in [9.17, 15) is 4.79 Å². The molecule has 0 saturated carbocycles. The van der Waals surface area contributed by atoms with Gasteiger partial charge in [0.25, 0.3) is 5.91 Å². The highest BCUT2D eigenvalue weighted by Gasteiger charge is 2.14. The van der Waals surface area contributed by atoms with Crippen molar-refractivity contribution in [2.75, 3.05) is 11.9 Å². The van der Waals surface area contributed by atoms with Gasteiger partial charge in [0.2, 0.25) is 0 Å². The lowest BCUT2D eigenvalue weighted by molar-refractivity contribution is 0.0948. The van der Waals surface area contributed by atoms with Crippen molar-refractivity contribution < 1.29 is 4.79 Å². The molecule has 1 aliphatic rings. The molecule has 0 fully saturated rings. The fraction of sp³-hybridized carbons (Fsp3) is 0.611. The van der Waals surface area contributed by atoms with E-state index in [-0.39, 0.29) is 11.4 Å². The van der Waals surface area contributed by atoms with Crippen molar-refractivity contribution in [3.05, 3.63) is 29.2 Å². The largest absolute Gasteiger partial charge is 0.365 e. The number of aromatic nitrogens is 2. The molecule has 0 radical (unpaired) electrons. The van der Waals surface area contributed by atoms with Gasteiger partial charge < -0.3 is 10.6 Å². The second-order valence-electron chi connectivity index (χ2n) is 7.17. The standard InChI is InChI=1S/C18H28N4O/c1-13-20-15(12-16(21-13)22-18(2,3)4)17(23)19-11-10-14-8-6-5-7-9-14/h8,12H,5-7,9-11H2,1-4H3,(H,19,23)(H,20,21,22). The summed E-state index contributed by atoms with van der Waals surface area (Å²) in [6, 6.07) is 1.72. The van der Waals surface area contributed by atoms with Gasteiger partial charge >= 0.3 is 0 Å². The smallest absolute Gasteiger partial charge is 0.270 e. The Labute approximate surface area is 139 Å². The van der Waals surface area contributed by atoms with Crippen LogP contribution in [0.3, 0.4) is 0 Å². The third kappa shape index (κ3) is 6.00. The number of hydrogen-bond acceptors (Lipinski definition) is 4. The first kappa shape index (κ1) is 17.4. The van der Waals surface area contributed by atoms with Crippen molar-refractivity contribution in [2.45, 2.75) is 65.3 Å². The van der Waals surface area contributed by atoms with Crippen LogP contribution in [0.2, 0.25) is 0 Å². The maximum absolute atomic E-state index is 12.3. The maximum Gasteiger partial charge on any atom is 0.270 e. The number of nitrogens with one attached hydrogen (secondary N) is 2. The zero-order valence-corrected chi connectivity index (χ0v) is 14.7. The Bertz CT molecular complexity index is 587. The average Bonchev–Trinajstić information content (AvgIpc) is 2.45. The van der Waals surface area contributed by atoms with Crippen LogP contribution in [-0.4, -0.2) is 28.0 Å². The Morgan fingerprint density at radius 3 is 2.70 bits per heavy atom. The molecular formula is C18H28N4O. The van der Waals surface area contributed by atoms with Crippen LogP contribution in [0.25, 0.3) is 0 Å². The predicted molar refractivity (Wildman–Crippen MR) is 93.6 cm³/mol. The molecule has 0 aromatic carbocycles. The molecule has 1 heterocycles. The lowest BCUT2D eigenvalue weighted by atomic mass is 9.97. The van der Waals surface area contributed by atoms with Gasteiger partial charge in [-0.25, -0.2) is 9.97 Å². The number of rotatable bonds is 5. The first-order valence-electron chi connectivity index (χ1n) is 8.43. The van der Waals surface area contributed by atoms with Gasteiger partial charge in [-0.2, -0.15) is 0 Å². The summed E-state index contributed by atoms with van der Waals surface area (Å²) in [5, 5.41) is 6.25. The van der Waals surface area contributed by atoms with Crippen LogP contribution in [0, 0.1) is 6.92 Å². The molecule has 0 unspecified atom stereocenters. The second-order valence-corrected chi connectivity index (χ2v) is 7.17. The van der Waals surface area contributed by atoms with Crippen molar-refractivity contribution in [1.82, 2.24) is 15.3 Å². The van der Waals surface area contributed by atoms with Crippen LogP contribution in [0.15, 0.2) is 17.7 Å². The number of carbonyl (C=O) groups excluding carboxylic acids is 1. The van der Waals surface area contributed by atoms with E-state index in [0.29, 0.717) is 23.9 Å². The third-order valence-corrected chi connectivity index (χ3v) is 3.69. The Balaban J connectivity index is 1.94. The van der Waals surface area contributed by atoms with E-state index in [2.05, 4.69) is 47.4 Å². The third-order valence-electron chi connectivity index (χ3n) is 3.69. The SMILES string of the molecule is Cc1nc(NC(C)(C)C)cc(C(=O)NCCC2=CCCCC2)n1. The summed E-state index contributed by atoms with van der Waals surface area (Å²) < 4.78 is 0. The summed E-state index contributed by atoms with van der Waals surface area (Å²) in [5.41, 5.74) is 1.77. The second kappa shape index (κ2) is 7.57. The molecule has 2 N–H and O–H groups in total. The van der Waals surface area contributed by atoms with E-state index in [0.717, 1.165) is 6.42 Å². The van der Waals surface area contributed by atoms with Crippen LogP contribution in [0.5, 0.6) is 0 Å². The highest BCUT2D eigenvalue weighted by atomic mass is 16.1. The first-order chi connectivity index (χ1) is 10.8. The van der Waals surface area contributed by atoms with Gasteiger partial charge in [0.05, 0.1) is 0 Å². The number of anilines is 1. The number of allylic oxidation sites excluding steroid dienone is 1. The fourth-order valence-electron chi connectivity index (χ4n) is 2.69. The van der Waals surface area contributed by atoms with Crippen molar-refractivity contribution in [1.29, 1.82) is 0 Å². The van der Waals surface area contributed by atoms with Gasteiger partial charge in [-0.05, 0) is 59.8 Å². The molecule has 1 aromatic rings. The molecule has 23 heavy (non-hydrogen) atoms. The molecule has 0 bridgehead atoms.